The fourth-order valence-corrected chi connectivity index (χ4v) is 12.5. The second-order valence-electron chi connectivity index (χ2n) is 9.01. The van der Waals surface area contributed by atoms with Crippen LogP contribution in [0.5, 0.6) is 0 Å². The number of rotatable bonds is 7. The summed E-state index contributed by atoms with van der Waals surface area (Å²) in [6.45, 7) is 1.49. The maximum absolute atomic E-state index is 14.9. The summed E-state index contributed by atoms with van der Waals surface area (Å²) < 4.78 is 26.4. The molecule has 0 saturated carbocycles. The third-order valence-electron chi connectivity index (χ3n) is 6.95. The van der Waals surface area contributed by atoms with Crippen LogP contribution in [0.2, 0.25) is 0 Å². The van der Waals surface area contributed by atoms with Gasteiger partial charge in [-0.2, -0.15) is 0 Å². The topological polar surface area (TPSA) is 32.8 Å². The highest BCUT2D eigenvalue weighted by molar-refractivity contribution is 7.59. The van der Waals surface area contributed by atoms with Crippen molar-refractivity contribution in [1.82, 2.24) is 9.34 Å². The predicted molar refractivity (Wildman–Crippen MR) is 147 cm³/mol. The molecule has 178 valence electrons. The average molecular weight is 501 g/mol. The third-order valence-corrected chi connectivity index (χ3v) is 14.5. The van der Waals surface area contributed by atoms with Crippen molar-refractivity contribution < 1.29 is 8.99 Å². The van der Waals surface area contributed by atoms with Crippen LogP contribution < -0.4 is 15.6 Å². The lowest BCUT2D eigenvalue weighted by Crippen LogP contribution is -2.69. The van der Waals surface area contributed by atoms with Crippen molar-refractivity contribution in [2.24, 2.45) is 0 Å². The molecule has 0 amide bonds. The van der Waals surface area contributed by atoms with Gasteiger partial charge in [-0.05, 0) is 35.2 Å². The van der Waals surface area contributed by atoms with E-state index >= 15 is 0 Å². The summed E-state index contributed by atoms with van der Waals surface area (Å²) in [6.07, 6.45) is 0. The minimum Gasteiger partial charge on any atom is -0.388 e. The van der Waals surface area contributed by atoms with E-state index in [0.29, 0.717) is 0 Å². The zero-order valence-corrected chi connectivity index (χ0v) is 22.1. The molecular weight excluding hydrogens is 469 g/mol. The molecule has 0 aliphatic carbocycles. The summed E-state index contributed by atoms with van der Waals surface area (Å²) in [7, 11) is -2.21. The number of benzene rings is 4. The Balaban J connectivity index is 1.80. The van der Waals surface area contributed by atoms with E-state index in [2.05, 4.69) is 72.8 Å². The molecule has 4 aromatic rings. The van der Waals surface area contributed by atoms with Gasteiger partial charge in [0.2, 0.25) is 7.44 Å². The van der Waals surface area contributed by atoms with Crippen molar-refractivity contribution in [1.29, 1.82) is 0 Å². The van der Waals surface area contributed by atoms with Crippen molar-refractivity contribution in [2.45, 2.75) is 5.85 Å². The molecule has 1 aliphatic rings. The molecule has 1 fully saturated rings. The molecule has 0 radical (unpaired) electrons. The van der Waals surface area contributed by atoms with Crippen molar-refractivity contribution in [2.75, 3.05) is 27.2 Å². The zero-order valence-electron chi connectivity index (χ0n) is 20.2. The van der Waals surface area contributed by atoms with Gasteiger partial charge in [0.05, 0.1) is 0 Å². The van der Waals surface area contributed by atoms with Crippen LogP contribution in [0.1, 0.15) is 11.4 Å². The molecular formula is C29H31N2O2PSi. The maximum atomic E-state index is 14.9. The summed E-state index contributed by atoms with van der Waals surface area (Å²) >= 11 is 0. The molecule has 0 aromatic heterocycles. The molecule has 6 heteroatoms. The molecule has 1 saturated heterocycles. The Bertz CT molecular complexity index is 1180. The van der Waals surface area contributed by atoms with E-state index in [0.717, 1.165) is 34.2 Å². The van der Waals surface area contributed by atoms with Crippen LogP contribution in [-0.4, -0.2) is 44.8 Å². The smallest absolute Gasteiger partial charge is 0.289 e. The van der Waals surface area contributed by atoms with Gasteiger partial charge >= 0.3 is 0 Å². The van der Waals surface area contributed by atoms with Gasteiger partial charge in [-0.3, -0.25) is 4.57 Å². The maximum Gasteiger partial charge on any atom is 0.289 e. The minimum atomic E-state index is -3.07. The Kier molecular flexibility index (Phi) is 6.88. The van der Waals surface area contributed by atoms with E-state index in [1.165, 1.54) is 0 Å². The van der Waals surface area contributed by atoms with Crippen LogP contribution in [0, 0.1) is 0 Å². The Morgan fingerprint density at radius 3 is 1.34 bits per heavy atom. The second kappa shape index (κ2) is 10.1. The van der Waals surface area contributed by atoms with Crippen LogP contribution in [-0.2, 0) is 8.99 Å². The normalized spacial score (nSPS) is 17.3. The van der Waals surface area contributed by atoms with E-state index in [-0.39, 0.29) is 0 Å². The van der Waals surface area contributed by atoms with E-state index < -0.39 is 21.6 Å². The molecule has 4 aromatic carbocycles. The monoisotopic (exact) mass is 500 g/mol. The lowest BCUT2D eigenvalue weighted by Gasteiger charge is -2.41. The first kappa shape index (κ1) is 23.9. The van der Waals surface area contributed by atoms with Crippen molar-refractivity contribution >= 4 is 31.3 Å². The first-order chi connectivity index (χ1) is 17.1. The van der Waals surface area contributed by atoms with Gasteiger partial charge in [0.25, 0.3) is 8.32 Å². The molecule has 0 N–H and O–H groups in total. The van der Waals surface area contributed by atoms with Crippen LogP contribution >= 0.6 is 7.44 Å². The molecule has 1 unspecified atom stereocenters. The molecule has 0 spiro atoms. The summed E-state index contributed by atoms with van der Waals surface area (Å²) in [5.41, 5.74) is 0.941. The van der Waals surface area contributed by atoms with Gasteiger partial charge in [0.1, 0.15) is 0 Å². The molecule has 4 nitrogen and oxygen atoms in total. The van der Waals surface area contributed by atoms with Crippen molar-refractivity contribution in [3.63, 3.8) is 0 Å². The first-order valence-corrected chi connectivity index (χ1v) is 15.6. The molecule has 1 aliphatic heterocycles. The lowest BCUT2D eigenvalue weighted by atomic mass is 10.2. The lowest BCUT2D eigenvalue weighted by molar-refractivity contribution is 0.262. The minimum absolute atomic E-state index is 0.603. The zero-order chi connectivity index (χ0) is 24.3. The number of hydrogen-bond acceptors (Lipinski definition) is 2. The molecule has 0 bridgehead atoms. The quantitative estimate of drug-likeness (QED) is 0.163. The highest BCUT2D eigenvalue weighted by Gasteiger charge is 2.52. The van der Waals surface area contributed by atoms with Gasteiger partial charge in [0.15, 0.2) is 5.85 Å². The number of hydrogen-bond donors (Lipinski definition) is 0. The fourth-order valence-electron chi connectivity index (χ4n) is 5.03. The van der Waals surface area contributed by atoms with E-state index in [9.17, 15) is 4.57 Å². The van der Waals surface area contributed by atoms with Gasteiger partial charge < -0.3 is 4.43 Å². The van der Waals surface area contributed by atoms with Crippen LogP contribution in [0.3, 0.4) is 0 Å². The van der Waals surface area contributed by atoms with Crippen LogP contribution in [0.25, 0.3) is 0 Å². The molecule has 1 atom stereocenters. The van der Waals surface area contributed by atoms with E-state index in [1.807, 2.05) is 72.0 Å². The number of likely N-dealkylation sites (N-methyl/N-ethyl adjacent to an activating group) is 2. The molecule has 35 heavy (non-hydrogen) atoms. The van der Waals surface area contributed by atoms with E-state index in [4.69, 9.17) is 4.43 Å². The SMILES string of the molecule is CN1CCN(C)P1(=[18O])C(O[Si](c1ccccc1)(c1ccccc1)c1ccccc1)c1ccccc1. The summed E-state index contributed by atoms with van der Waals surface area (Å²) in [4.78, 5) is 0. The summed E-state index contributed by atoms with van der Waals surface area (Å²) in [5.74, 6) is -0.603. The largest absolute Gasteiger partial charge is 0.388 e. The van der Waals surface area contributed by atoms with E-state index in [1.54, 1.807) is 0 Å². The first-order valence-electron chi connectivity index (χ1n) is 12.0. The Labute approximate surface area is 209 Å². The van der Waals surface area contributed by atoms with Crippen molar-refractivity contribution in [3.05, 3.63) is 127 Å². The Morgan fingerprint density at radius 2 is 0.971 bits per heavy atom. The highest BCUT2D eigenvalue weighted by Crippen LogP contribution is 2.66. The van der Waals surface area contributed by atoms with Gasteiger partial charge in [-0.1, -0.05) is 121 Å². The Hall–Kier alpha value is -2.79. The number of nitrogens with zero attached hydrogens (tertiary/aromatic N) is 2. The predicted octanol–water partition coefficient (Wildman–Crippen LogP) is 4.44. The second-order valence-corrected chi connectivity index (χ2v) is 15.4. The van der Waals surface area contributed by atoms with Gasteiger partial charge in [0, 0.05) is 13.1 Å². The third kappa shape index (κ3) is 4.24. The summed E-state index contributed by atoms with van der Waals surface area (Å²) in [5, 5.41) is 3.40. The standard InChI is InChI=1S/C29H31N2O2PSi/c1-30-23-24-31(2)34(30,32)29(25-15-7-3-8-16-25)33-35(26-17-9-4-10-18-26,27-19-11-5-12-20-27)28-21-13-6-14-22-28/h3-22,29H,23-24H2,1-2H3/i32+2. The highest BCUT2D eigenvalue weighted by atomic mass is 31.2. The molecule has 5 rings (SSSR count). The van der Waals surface area contributed by atoms with Crippen LogP contribution in [0.4, 0.5) is 0 Å². The fraction of sp³-hybridized carbons (Fsp3) is 0.172. The summed E-state index contributed by atoms with van der Waals surface area (Å²) in [6, 6.07) is 41.6. The van der Waals surface area contributed by atoms with Crippen molar-refractivity contribution in [3.8, 4) is 0 Å². The van der Waals surface area contributed by atoms with Crippen LogP contribution in [0.15, 0.2) is 121 Å². The Morgan fingerprint density at radius 1 is 0.629 bits per heavy atom. The van der Waals surface area contributed by atoms with Gasteiger partial charge in [-0.25, -0.2) is 9.34 Å². The average Bonchev–Trinajstić information content (AvgIpc) is 3.19. The molecule has 1 heterocycles. The van der Waals surface area contributed by atoms with Gasteiger partial charge in [-0.15, -0.1) is 0 Å².